The first-order valence-corrected chi connectivity index (χ1v) is 9.44. The van der Waals surface area contributed by atoms with Gasteiger partial charge >= 0.3 is 11.9 Å². The number of nitrogens with zero attached hydrogens (tertiary/aromatic N) is 3. The second-order valence-corrected chi connectivity index (χ2v) is 6.59. The molecule has 10 nitrogen and oxygen atoms in total. The van der Waals surface area contributed by atoms with Gasteiger partial charge < -0.3 is 24.6 Å². The van der Waals surface area contributed by atoms with Gasteiger partial charge in [-0.25, -0.2) is 9.59 Å². The number of hydrogen-bond acceptors (Lipinski definition) is 7. The van der Waals surface area contributed by atoms with Crippen LogP contribution in [0, 0.1) is 0 Å². The molecular formula is C21H25N3O7. The van der Waals surface area contributed by atoms with Crippen LogP contribution in [0.1, 0.15) is 15.9 Å². The lowest BCUT2D eigenvalue weighted by molar-refractivity contribution is -0.159. The Morgan fingerprint density at radius 1 is 0.935 bits per heavy atom. The predicted octanol–water partition coefficient (Wildman–Crippen LogP) is 1.21. The summed E-state index contributed by atoms with van der Waals surface area (Å²) in [6, 6.07) is 9.35. The Balaban J connectivity index is 0.000000501. The van der Waals surface area contributed by atoms with Gasteiger partial charge in [0.2, 0.25) is 0 Å². The molecule has 1 saturated heterocycles. The van der Waals surface area contributed by atoms with Gasteiger partial charge in [-0.15, -0.1) is 0 Å². The van der Waals surface area contributed by atoms with Crippen LogP contribution in [0.25, 0.3) is 0 Å². The lowest BCUT2D eigenvalue weighted by atomic mass is 10.1. The van der Waals surface area contributed by atoms with Crippen molar-refractivity contribution in [3.63, 3.8) is 0 Å². The van der Waals surface area contributed by atoms with E-state index < -0.39 is 11.9 Å². The van der Waals surface area contributed by atoms with Crippen molar-refractivity contribution in [3.8, 4) is 11.5 Å². The van der Waals surface area contributed by atoms with Gasteiger partial charge in [0.1, 0.15) is 11.5 Å². The van der Waals surface area contributed by atoms with Crippen LogP contribution >= 0.6 is 0 Å². The third kappa shape index (κ3) is 6.96. The van der Waals surface area contributed by atoms with E-state index in [1.165, 1.54) is 0 Å². The highest BCUT2D eigenvalue weighted by Gasteiger charge is 2.22. The molecule has 0 bridgehead atoms. The van der Waals surface area contributed by atoms with Crippen LogP contribution in [-0.4, -0.2) is 83.2 Å². The standard InChI is InChI=1S/C19H23N3O3.C2H2O4/c1-24-17-3-4-18(25-2)16(13-17)14-21-9-11-22(12-10-21)19(23)15-5-7-20-8-6-15;3-1(4)2(5)6/h3-8,13H,9-12,14H2,1-2H3;(H,3,4)(H,5,6). The molecule has 1 amide bonds. The second kappa shape index (κ2) is 11.5. The Morgan fingerprint density at radius 3 is 2.06 bits per heavy atom. The van der Waals surface area contributed by atoms with Crippen LogP contribution in [-0.2, 0) is 16.1 Å². The fraction of sp³-hybridized carbons (Fsp3) is 0.333. The second-order valence-electron chi connectivity index (χ2n) is 6.59. The number of rotatable bonds is 5. The zero-order valence-electron chi connectivity index (χ0n) is 17.4. The van der Waals surface area contributed by atoms with Gasteiger partial charge in [0.15, 0.2) is 0 Å². The van der Waals surface area contributed by atoms with Crippen LogP contribution < -0.4 is 9.47 Å². The molecule has 1 aromatic carbocycles. The number of carboxylic acid groups (broad SMARTS) is 2. The van der Waals surface area contributed by atoms with E-state index in [0.717, 1.165) is 36.7 Å². The average Bonchev–Trinajstić information content (AvgIpc) is 2.80. The molecule has 0 unspecified atom stereocenters. The van der Waals surface area contributed by atoms with Crippen LogP contribution in [0.5, 0.6) is 11.5 Å². The third-order valence-corrected chi connectivity index (χ3v) is 4.65. The van der Waals surface area contributed by atoms with E-state index >= 15 is 0 Å². The van der Waals surface area contributed by atoms with E-state index in [1.807, 2.05) is 23.1 Å². The molecule has 3 rings (SSSR count). The monoisotopic (exact) mass is 431 g/mol. The Labute approximate surface area is 179 Å². The molecule has 0 atom stereocenters. The maximum Gasteiger partial charge on any atom is 0.414 e. The van der Waals surface area contributed by atoms with Crippen molar-refractivity contribution in [2.75, 3.05) is 40.4 Å². The topological polar surface area (TPSA) is 130 Å². The smallest absolute Gasteiger partial charge is 0.414 e. The quantitative estimate of drug-likeness (QED) is 0.671. The first-order valence-electron chi connectivity index (χ1n) is 9.44. The molecule has 31 heavy (non-hydrogen) atoms. The first-order chi connectivity index (χ1) is 14.8. The summed E-state index contributed by atoms with van der Waals surface area (Å²) in [4.78, 5) is 38.9. The highest BCUT2D eigenvalue weighted by atomic mass is 16.5. The first kappa shape index (κ1) is 23.6. The summed E-state index contributed by atoms with van der Waals surface area (Å²) >= 11 is 0. The Kier molecular flexibility index (Phi) is 8.77. The largest absolute Gasteiger partial charge is 0.497 e. The summed E-state index contributed by atoms with van der Waals surface area (Å²) in [6.07, 6.45) is 3.30. The molecule has 0 radical (unpaired) electrons. The van der Waals surface area contributed by atoms with Crippen molar-refractivity contribution in [3.05, 3.63) is 53.9 Å². The van der Waals surface area contributed by atoms with Crippen molar-refractivity contribution < 1.29 is 34.1 Å². The van der Waals surface area contributed by atoms with Crippen molar-refractivity contribution in [1.29, 1.82) is 0 Å². The Morgan fingerprint density at radius 2 is 1.55 bits per heavy atom. The van der Waals surface area contributed by atoms with E-state index in [0.29, 0.717) is 18.7 Å². The summed E-state index contributed by atoms with van der Waals surface area (Å²) in [7, 11) is 3.34. The van der Waals surface area contributed by atoms with Gasteiger partial charge in [0.05, 0.1) is 14.2 Å². The molecule has 1 fully saturated rings. The van der Waals surface area contributed by atoms with E-state index in [-0.39, 0.29) is 5.91 Å². The summed E-state index contributed by atoms with van der Waals surface area (Å²) in [5.74, 6) is -1.90. The number of ether oxygens (including phenoxy) is 2. The summed E-state index contributed by atoms with van der Waals surface area (Å²) in [6.45, 7) is 3.87. The Bertz CT molecular complexity index is 885. The number of carboxylic acids is 2. The molecule has 2 N–H and O–H groups in total. The normalized spacial score (nSPS) is 13.5. The lowest BCUT2D eigenvalue weighted by Crippen LogP contribution is -2.48. The number of hydrogen-bond donors (Lipinski definition) is 2. The maximum atomic E-state index is 12.5. The number of piperazine rings is 1. The zero-order chi connectivity index (χ0) is 22.8. The molecule has 0 saturated carbocycles. The van der Waals surface area contributed by atoms with E-state index in [9.17, 15) is 4.79 Å². The van der Waals surface area contributed by atoms with Gasteiger partial charge in [-0.1, -0.05) is 0 Å². The van der Waals surface area contributed by atoms with Gasteiger partial charge in [-0.05, 0) is 30.3 Å². The fourth-order valence-electron chi connectivity index (χ4n) is 3.03. The SMILES string of the molecule is COc1ccc(OC)c(CN2CCN(C(=O)c3ccncc3)CC2)c1.O=C(O)C(=O)O. The van der Waals surface area contributed by atoms with Gasteiger partial charge in [-0.3, -0.25) is 14.7 Å². The van der Waals surface area contributed by atoms with Crippen LogP contribution in [0.4, 0.5) is 0 Å². The molecule has 2 heterocycles. The fourth-order valence-corrected chi connectivity index (χ4v) is 3.03. The predicted molar refractivity (Wildman–Crippen MR) is 110 cm³/mol. The minimum Gasteiger partial charge on any atom is -0.497 e. The van der Waals surface area contributed by atoms with Crippen molar-refractivity contribution in [2.45, 2.75) is 6.54 Å². The van der Waals surface area contributed by atoms with Gasteiger partial charge in [0.25, 0.3) is 5.91 Å². The van der Waals surface area contributed by atoms with Crippen LogP contribution in [0.3, 0.4) is 0 Å². The van der Waals surface area contributed by atoms with Crippen LogP contribution in [0.15, 0.2) is 42.7 Å². The highest BCUT2D eigenvalue weighted by molar-refractivity contribution is 6.27. The number of aliphatic carboxylic acids is 2. The number of amides is 1. The van der Waals surface area contributed by atoms with Crippen molar-refractivity contribution in [2.24, 2.45) is 0 Å². The van der Waals surface area contributed by atoms with E-state index in [4.69, 9.17) is 29.3 Å². The number of benzene rings is 1. The van der Waals surface area contributed by atoms with Gasteiger partial charge in [-0.2, -0.15) is 0 Å². The molecule has 1 aliphatic rings. The van der Waals surface area contributed by atoms with Crippen molar-refractivity contribution in [1.82, 2.24) is 14.8 Å². The summed E-state index contributed by atoms with van der Waals surface area (Å²) < 4.78 is 10.8. The molecule has 1 aliphatic heterocycles. The number of aromatic nitrogens is 1. The van der Waals surface area contributed by atoms with Crippen LogP contribution in [0.2, 0.25) is 0 Å². The molecule has 2 aromatic rings. The number of carbonyl (C=O) groups is 3. The average molecular weight is 431 g/mol. The minimum absolute atomic E-state index is 0.0704. The third-order valence-electron chi connectivity index (χ3n) is 4.65. The maximum absolute atomic E-state index is 12.5. The number of pyridine rings is 1. The summed E-state index contributed by atoms with van der Waals surface area (Å²) in [5, 5.41) is 14.8. The van der Waals surface area contributed by atoms with Crippen molar-refractivity contribution >= 4 is 17.8 Å². The molecule has 1 aromatic heterocycles. The molecule has 166 valence electrons. The zero-order valence-corrected chi connectivity index (χ0v) is 17.4. The van der Waals surface area contributed by atoms with E-state index in [2.05, 4.69) is 9.88 Å². The van der Waals surface area contributed by atoms with Gasteiger partial charge in [0, 0.05) is 56.2 Å². The molecule has 0 spiro atoms. The minimum atomic E-state index is -1.82. The summed E-state index contributed by atoms with van der Waals surface area (Å²) in [5.41, 5.74) is 1.79. The molecule has 10 heteroatoms. The number of carbonyl (C=O) groups excluding carboxylic acids is 1. The Hall–Kier alpha value is -3.66. The number of methoxy groups -OCH3 is 2. The lowest BCUT2D eigenvalue weighted by Gasteiger charge is -2.35. The molecule has 0 aliphatic carbocycles. The molecular weight excluding hydrogens is 406 g/mol. The van der Waals surface area contributed by atoms with E-state index in [1.54, 1.807) is 38.7 Å². The highest BCUT2D eigenvalue weighted by Crippen LogP contribution is 2.25.